The maximum Gasteiger partial charge on any atom is 0.222 e. The fraction of sp³-hybridized carbons (Fsp3) is 0.190. The van der Waals surface area contributed by atoms with E-state index in [-0.39, 0.29) is 18.1 Å². The number of carbonyl (C=O) groups excluding carboxylic acids is 1. The van der Waals surface area contributed by atoms with Crippen molar-refractivity contribution < 1.29 is 13.6 Å². The topological polar surface area (TPSA) is 84.5 Å². The van der Waals surface area contributed by atoms with Gasteiger partial charge < -0.3 is 15.1 Å². The summed E-state index contributed by atoms with van der Waals surface area (Å²) in [5.74, 6) is 1.86. The average molecular weight is 393 g/mol. The molecule has 3 aromatic heterocycles. The molecule has 0 saturated heterocycles. The molecule has 4 aromatic rings. The van der Waals surface area contributed by atoms with Gasteiger partial charge in [0.05, 0.1) is 12.7 Å². The largest absolute Gasteiger partial charge is 0.465 e. The molecule has 0 saturated carbocycles. The number of fused-ring (bicyclic) bond motifs is 1. The van der Waals surface area contributed by atoms with Crippen molar-refractivity contribution in [3.63, 3.8) is 0 Å². The van der Waals surface area contributed by atoms with Crippen LogP contribution in [0, 0.1) is 12.7 Å². The van der Waals surface area contributed by atoms with Crippen molar-refractivity contribution >= 4 is 17.4 Å². The summed E-state index contributed by atoms with van der Waals surface area (Å²) in [6, 6.07) is 9.84. The molecule has 148 valence electrons. The summed E-state index contributed by atoms with van der Waals surface area (Å²) in [5.41, 5.74) is 2.10. The number of benzene rings is 1. The van der Waals surface area contributed by atoms with E-state index in [0.29, 0.717) is 24.4 Å². The maximum absolute atomic E-state index is 13.3. The lowest BCUT2D eigenvalue weighted by Crippen LogP contribution is -2.24. The third kappa shape index (κ3) is 4.26. The van der Waals surface area contributed by atoms with Gasteiger partial charge in [-0.2, -0.15) is 0 Å². The van der Waals surface area contributed by atoms with Crippen molar-refractivity contribution in [1.82, 2.24) is 19.7 Å². The molecule has 4 rings (SSSR count). The number of halogens is 1. The van der Waals surface area contributed by atoms with E-state index in [1.54, 1.807) is 30.7 Å². The summed E-state index contributed by atoms with van der Waals surface area (Å²) in [5, 5.41) is 6.11. The molecule has 0 radical (unpaired) electrons. The number of aryl methyl sites for hydroxylation is 1. The number of hydrogen-bond acceptors (Lipinski definition) is 5. The molecule has 7 nitrogen and oxygen atoms in total. The van der Waals surface area contributed by atoms with E-state index < -0.39 is 0 Å². The molecule has 0 aliphatic heterocycles. The number of rotatable bonds is 7. The highest BCUT2D eigenvalue weighted by Crippen LogP contribution is 2.28. The molecule has 0 aliphatic carbocycles. The number of hydrogen-bond donors (Lipinski definition) is 2. The summed E-state index contributed by atoms with van der Waals surface area (Å²) in [6.07, 6.45) is 5.38. The average Bonchev–Trinajstić information content (AvgIpc) is 3.31. The molecule has 1 amide bonds. The second-order valence-electron chi connectivity index (χ2n) is 6.59. The van der Waals surface area contributed by atoms with E-state index in [1.807, 2.05) is 23.5 Å². The van der Waals surface area contributed by atoms with E-state index in [9.17, 15) is 9.18 Å². The molecule has 1 aromatic carbocycles. The SMILES string of the molecule is Cc1ccc(CNC(=O)CCNc2c(-c3ccc(F)cc3)nc3cnccn23)o1. The Morgan fingerprint density at radius 1 is 1.21 bits per heavy atom. The molecule has 29 heavy (non-hydrogen) atoms. The lowest BCUT2D eigenvalue weighted by molar-refractivity contribution is -0.121. The molecule has 0 atom stereocenters. The number of nitrogens with zero attached hydrogens (tertiary/aromatic N) is 3. The molecule has 0 spiro atoms. The van der Waals surface area contributed by atoms with Crippen molar-refractivity contribution in [2.45, 2.75) is 19.9 Å². The Hall–Kier alpha value is -3.68. The van der Waals surface area contributed by atoms with E-state index in [2.05, 4.69) is 20.6 Å². The smallest absolute Gasteiger partial charge is 0.222 e. The first-order chi connectivity index (χ1) is 14.1. The van der Waals surface area contributed by atoms with Crippen LogP contribution >= 0.6 is 0 Å². The minimum atomic E-state index is -0.308. The maximum atomic E-state index is 13.3. The van der Waals surface area contributed by atoms with Crippen molar-refractivity contribution in [3.05, 3.63) is 72.3 Å². The van der Waals surface area contributed by atoms with E-state index >= 15 is 0 Å². The number of aromatic nitrogens is 3. The highest BCUT2D eigenvalue weighted by atomic mass is 19.1. The number of carbonyl (C=O) groups is 1. The van der Waals surface area contributed by atoms with Gasteiger partial charge in [0.2, 0.25) is 5.91 Å². The van der Waals surface area contributed by atoms with E-state index in [0.717, 1.165) is 22.9 Å². The van der Waals surface area contributed by atoms with Crippen LogP contribution in [0.3, 0.4) is 0 Å². The lowest BCUT2D eigenvalue weighted by atomic mass is 10.1. The van der Waals surface area contributed by atoms with Crippen molar-refractivity contribution in [2.75, 3.05) is 11.9 Å². The van der Waals surface area contributed by atoms with Crippen LogP contribution in [0.1, 0.15) is 17.9 Å². The van der Waals surface area contributed by atoms with Gasteiger partial charge >= 0.3 is 0 Å². The molecular weight excluding hydrogens is 373 g/mol. The highest BCUT2D eigenvalue weighted by Gasteiger charge is 2.14. The minimum absolute atomic E-state index is 0.0922. The minimum Gasteiger partial charge on any atom is -0.465 e. The summed E-state index contributed by atoms with van der Waals surface area (Å²) in [7, 11) is 0. The van der Waals surface area contributed by atoms with Gasteiger partial charge in [0.1, 0.15) is 28.8 Å². The second-order valence-corrected chi connectivity index (χ2v) is 6.59. The number of nitrogens with one attached hydrogen (secondary N) is 2. The Labute approximate surface area is 166 Å². The first-order valence-corrected chi connectivity index (χ1v) is 9.24. The number of imidazole rings is 1. The monoisotopic (exact) mass is 393 g/mol. The predicted molar refractivity (Wildman–Crippen MR) is 107 cm³/mol. The van der Waals surface area contributed by atoms with Crippen LogP contribution in [-0.4, -0.2) is 26.8 Å². The summed E-state index contributed by atoms with van der Waals surface area (Å²) in [6.45, 7) is 2.63. The molecule has 0 fully saturated rings. The molecular formula is C21H20FN5O2. The molecule has 3 heterocycles. The molecule has 0 aliphatic rings. The van der Waals surface area contributed by atoms with Gasteiger partial charge in [-0.05, 0) is 43.3 Å². The zero-order chi connectivity index (χ0) is 20.2. The van der Waals surface area contributed by atoms with Gasteiger partial charge in [-0.1, -0.05) is 0 Å². The molecule has 2 N–H and O–H groups in total. The zero-order valence-corrected chi connectivity index (χ0v) is 15.9. The number of furan rings is 1. The van der Waals surface area contributed by atoms with Crippen LogP contribution in [0.5, 0.6) is 0 Å². The van der Waals surface area contributed by atoms with Gasteiger partial charge in [-0.3, -0.25) is 14.2 Å². The Bertz CT molecular complexity index is 1130. The standard InChI is InChI=1S/C21H20FN5O2/c1-14-2-7-17(29-14)12-25-19(28)8-9-24-21-20(15-3-5-16(22)6-4-15)26-18-13-23-10-11-27(18)21/h2-7,10-11,13,24H,8-9,12H2,1H3,(H,25,28). The van der Waals surface area contributed by atoms with Crippen LogP contribution in [0.25, 0.3) is 16.9 Å². The summed E-state index contributed by atoms with van der Waals surface area (Å²) >= 11 is 0. The lowest BCUT2D eigenvalue weighted by Gasteiger charge is -2.09. The van der Waals surface area contributed by atoms with Gasteiger partial charge in [-0.25, -0.2) is 9.37 Å². The van der Waals surface area contributed by atoms with Crippen molar-refractivity contribution in [1.29, 1.82) is 0 Å². The molecule has 0 unspecified atom stereocenters. The van der Waals surface area contributed by atoms with Gasteiger partial charge in [0, 0.05) is 30.9 Å². The quantitative estimate of drug-likeness (QED) is 0.502. The number of anilines is 1. The normalized spacial score (nSPS) is 11.0. The van der Waals surface area contributed by atoms with Crippen LogP contribution in [0.15, 0.2) is 59.4 Å². The third-order valence-corrected chi connectivity index (χ3v) is 4.45. The Balaban J connectivity index is 1.45. The van der Waals surface area contributed by atoms with Gasteiger partial charge in [0.15, 0.2) is 5.65 Å². The molecule has 0 bridgehead atoms. The van der Waals surface area contributed by atoms with Crippen LogP contribution in [-0.2, 0) is 11.3 Å². The third-order valence-electron chi connectivity index (χ3n) is 4.45. The van der Waals surface area contributed by atoms with Crippen molar-refractivity contribution in [2.24, 2.45) is 0 Å². The zero-order valence-electron chi connectivity index (χ0n) is 15.9. The Kier molecular flexibility index (Phi) is 5.24. The Morgan fingerprint density at radius 2 is 2.03 bits per heavy atom. The number of amides is 1. The molecule has 8 heteroatoms. The van der Waals surface area contributed by atoms with Crippen molar-refractivity contribution in [3.8, 4) is 11.3 Å². The first kappa shape index (κ1) is 18.7. The van der Waals surface area contributed by atoms with Crippen LogP contribution < -0.4 is 10.6 Å². The first-order valence-electron chi connectivity index (χ1n) is 9.24. The second kappa shape index (κ2) is 8.14. The fourth-order valence-electron chi connectivity index (χ4n) is 3.03. The highest BCUT2D eigenvalue weighted by molar-refractivity contribution is 5.78. The Morgan fingerprint density at radius 3 is 2.79 bits per heavy atom. The fourth-order valence-corrected chi connectivity index (χ4v) is 3.03. The van der Waals surface area contributed by atoms with Crippen LogP contribution in [0.2, 0.25) is 0 Å². The van der Waals surface area contributed by atoms with Crippen LogP contribution in [0.4, 0.5) is 10.2 Å². The van der Waals surface area contributed by atoms with E-state index in [1.165, 1.54) is 12.1 Å². The van der Waals surface area contributed by atoms with Gasteiger partial charge in [0.25, 0.3) is 0 Å². The predicted octanol–water partition coefficient (Wildman–Crippen LogP) is 3.56. The summed E-state index contributed by atoms with van der Waals surface area (Å²) < 4.78 is 20.6. The summed E-state index contributed by atoms with van der Waals surface area (Å²) in [4.78, 5) is 20.8. The van der Waals surface area contributed by atoms with Gasteiger partial charge in [-0.15, -0.1) is 0 Å². The van der Waals surface area contributed by atoms with E-state index in [4.69, 9.17) is 4.42 Å².